The molecule has 9 heteroatoms. The first-order valence-electron chi connectivity index (χ1n) is 9.70. The molecule has 0 aliphatic carbocycles. The number of halogens is 1. The van der Waals surface area contributed by atoms with Crippen molar-refractivity contribution in [1.82, 2.24) is 14.8 Å². The summed E-state index contributed by atoms with van der Waals surface area (Å²) in [4.78, 5) is 24.5. The van der Waals surface area contributed by atoms with Crippen LogP contribution in [0, 0.1) is 23.2 Å². The summed E-state index contributed by atoms with van der Waals surface area (Å²) in [6.07, 6.45) is 5.17. The molecule has 1 aromatic heterocycles. The van der Waals surface area contributed by atoms with Crippen LogP contribution in [0.3, 0.4) is 0 Å². The standard InChI is InChI=1S/C21H24FN7O/c1-15(2)19-13-28(21(30)27-17-6-3-5-16(22)11-17)9-10-29(19)20(25-14-23)26-18-7-4-8-24-12-18/h3-8,11-12,15,19H,9-10,13H2,1-2H3,(H,25,26)(H,27,30). The van der Waals surface area contributed by atoms with Crippen LogP contribution in [0.5, 0.6) is 0 Å². The molecule has 1 aliphatic heterocycles. The van der Waals surface area contributed by atoms with Crippen molar-refractivity contribution in [2.24, 2.45) is 10.9 Å². The van der Waals surface area contributed by atoms with Gasteiger partial charge in [0.2, 0.25) is 12.2 Å². The molecule has 1 aliphatic rings. The lowest BCUT2D eigenvalue weighted by atomic mass is 10.00. The third kappa shape index (κ3) is 5.23. The molecule has 1 saturated heterocycles. The molecule has 0 saturated carbocycles. The van der Waals surface area contributed by atoms with E-state index in [9.17, 15) is 14.4 Å². The molecule has 2 N–H and O–H groups in total. The van der Waals surface area contributed by atoms with Crippen LogP contribution < -0.4 is 10.6 Å². The maximum atomic E-state index is 13.4. The van der Waals surface area contributed by atoms with Gasteiger partial charge in [-0.1, -0.05) is 19.9 Å². The van der Waals surface area contributed by atoms with Crippen LogP contribution in [0.15, 0.2) is 53.8 Å². The van der Waals surface area contributed by atoms with Crippen molar-refractivity contribution < 1.29 is 9.18 Å². The summed E-state index contributed by atoms with van der Waals surface area (Å²) in [6.45, 7) is 5.48. The maximum Gasteiger partial charge on any atom is 0.321 e. The summed E-state index contributed by atoms with van der Waals surface area (Å²) in [6, 6.07) is 9.09. The lowest BCUT2D eigenvalue weighted by Gasteiger charge is -2.44. The Morgan fingerprint density at radius 2 is 2.07 bits per heavy atom. The molecule has 3 rings (SSSR count). The van der Waals surface area contributed by atoms with Gasteiger partial charge in [0.1, 0.15) is 5.82 Å². The van der Waals surface area contributed by atoms with Gasteiger partial charge in [-0.2, -0.15) is 5.26 Å². The van der Waals surface area contributed by atoms with Crippen molar-refractivity contribution in [3.63, 3.8) is 0 Å². The molecule has 2 aromatic rings. The number of aromatic nitrogens is 1. The monoisotopic (exact) mass is 409 g/mol. The van der Waals surface area contributed by atoms with E-state index in [-0.39, 0.29) is 18.0 Å². The van der Waals surface area contributed by atoms with E-state index in [4.69, 9.17) is 0 Å². The number of nitriles is 1. The highest BCUT2D eigenvalue weighted by Crippen LogP contribution is 2.20. The predicted molar refractivity (Wildman–Crippen MR) is 113 cm³/mol. The zero-order valence-corrected chi connectivity index (χ0v) is 16.9. The van der Waals surface area contributed by atoms with Crippen molar-refractivity contribution in [2.45, 2.75) is 19.9 Å². The van der Waals surface area contributed by atoms with Gasteiger partial charge < -0.3 is 20.4 Å². The van der Waals surface area contributed by atoms with E-state index in [2.05, 4.69) is 34.5 Å². The number of amides is 2. The Morgan fingerprint density at radius 1 is 1.27 bits per heavy atom. The average Bonchev–Trinajstić information content (AvgIpc) is 2.73. The number of hydrogen-bond acceptors (Lipinski definition) is 4. The summed E-state index contributed by atoms with van der Waals surface area (Å²) in [5.41, 5.74) is 1.13. The van der Waals surface area contributed by atoms with Crippen LogP contribution in [0.1, 0.15) is 13.8 Å². The lowest BCUT2D eigenvalue weighted by Crippen LogP contribution is -2.60. The largest absolute Gasteiger partial charge is 0.335 e. The van der Waals surface area contributed by atoms with Gasteiger partial charge in [-0.25, -0.2) is 9.18 Å². The number of rotatable bonds is 3. The van der Waals surface area contributed by atoms with Gasteiger partial charge >= 0.3 is 6.03 Å². The van der Waals surface area contributed by atoms with Crippen molar-refractivity contribution in [1.29, 1.82) is 5.26 Å². The fourth-order valence-corrected chi connectivity index (χ4v) is 3.37. The molecule has 1 fully saturated rings. The van der Waals surface area contributed by atoms with Crippen LogP contribution in [0.25, 0.3) is 0 Å². The molecular formula is C21H24FN7O. The number of urea groups is 1. The van der Waals surface area contributed by atoms with Gasteiger partial charge in [-0.15, -0.1) is 4.99 Å². The van der Waals surface area contributed by atoms with Crippen molar-refractivity contribution in [2.75, 3.05) is 30.3 Å². The van der Waals surface area contributed by atoms with E-state index >= 15 is 0 Å². The molecule has 0 bridgehead atoms. The van der Waals surface area contributed by atoms with Gasteiger partial charge in [0.05, 0.1) is 17.9 Å². The van der Waals surface area contributed by atoms with Gasteiger partial charge in [-0.05, 0) is 36.2 Å². The van der Waals surface area contributed by atoms with E-state index in [1.54, 1.807) is 35.5 Å². The Kier molecular flexibility index (Phi) is 6.80. The predicted octanol–water partition coefficient (Wildman–Crippen LogP) is 3.34. The number of carbonyl (C=O) groups excluding carboxylic acids is 1. The number of hydrogen-bond donors (Lipinski definition) is 2. The third-order valence-electron chi connectivity index (χ3n) is 4.90. The Bertz CT molecular complexity index is 942. The van der Waals surface area contributed by atoms with E-state index < -0.39 is 5.82 Å². The Hall–Kier alpha value is -3.67. The van der Waals surface area contributed by atoms with Crippen LogP contribution in [0.4, 0.5) is 20.6 Å². The van der Waals surface area contributed by atoms with E-state index in [0.717, 1.165) is 5.69 Å². The number of benzene rings is 1. The molecular weight excluding hydrogens is 385 g/mol. The summed E-state index contributed by atoms with van der Waals surface area (Å²) in [7, 11) is 0. The Labute approximate surface area is 175 Å². The molecule has 1 aromatic carbocycles. The number of piperazine rings is 1. The topological polar surface area (TPSA) is 96.7 Å². The van der Waals surface area contributed by atoms with Gasteiger partial charge in [0, 0.05) is 31.5 Å². The minimum absolute atomic E-state index is 0.0618. The zero-order chi connectivity index (χ0) is 21.5. The minimum atomic E-state index is -0.406. The van der Waals surface area contributed by atoms with E-state index in [0.29, 0.717) is 31.3 Å². The summed E-state index contributed by atoms with van der Waals surface area (Å²) in [5.74, 6) is 0.209. The lowest BCUT2D eigenvalue weighted by molar-refractivity contribution is 0.120. The fraction of sp³-hybridized carbons (Fsp3) is 0.333. The molecule has 30 heavy (non-hydrogen) atoms. The quantitative estimate of drug-likeness (QED) is 0.460. The van der Waals surface area contributed by atoms with Crippen molar-refractivity contribution >= 4 is 23.4 Å². The van der Waals surface area contributed by atoms with Crippen molar-refractivity contribution in [3.8, 4) is 6.19 Å². The number of nitrogens with zero attached hydrogens (tertiary/aromatic N) is 5. The van der Waals surface area contributed by atoms with Crippen LogP contribution in [-0.2, 0) is 0 Å². The van der Waals surface area contributed by atoms with Crippen LogP contribution in [-0.4, -0.2) is 52.5 Å². The number of nitrogens with one attached hydrogen (secondary N) is 2. The van der Waals surface area contributed by atoms with Gasteiger partial charge in [0.25, 0.3) is 0 Å². The molecule has 156 valence electrons. The highest BCUT2D eigenvalue weighted by molar-refractivity contribution is 5.95. The summed E-state index contributed by atoms with van der Waals surface area (Å²) in [5, 5.41) is 15.1. The van der Waals surface area contributed by atoms with Crippen LogP contribution >= 0.6 is 0 Å². The average molecular weight is 409 g/mol. The van der Waals surface area contributed by atoms with Crippen LogP contribution in [0.2, 0.25) is 0 Å². The Balaban J connectivity index is 1.73. The second-order valence-corrected chi connectivity index (χ2v) is 7.29. The normalized spacial score (nSPS) is 16.9. The van der Waals surface area contributed by atoms with E-state index in [1.807, 2.05) is 17.2 Å². The van der Waals surface area contributed by atoms with Crippen molar-refractivity contribution in [3.05, 3.63) is 54.6 Å². The summed E-state index contributed by atoms with van der Waals surface area (Å²) >= 11 is 0. The summed E-state index contributed by atoms with van der Waals surface area (Å²) < 4.78 is 13.4. The number of anilines is 2. The second kappa shape index (κ2) is 9.69. The van der Waals surface area contributed by atoms with Gasteiger partial charge in [0.15, 0.2) is 0 Å². The first-order valence-corrected chi connectivity index (χ1v) is 9.70. The molecule has 2 amide bonds. The minimum Gasteiger partial charge on any atom is -0.335 e. The highest BCUT2D eigenvalue weighted by atomic mass is 19.1. The molecule has 1 unspecified atom stereocenters. The van der Waals surface area contributed by atoms with E-state index in [1.165, 1.54) is 12.1 Å². The maximum absolute atomic E-state index is 13.4. The number of guanidine groups is 1. The molecule has 0 spiro atoms. The Morgan fingerprint density at radius 3 is 2.73 bits per heavy atom. The fourth-order valence-electron chi connectivity index (χ4n) is 3.37. The number of pyridine rings is 1. The highest BCUT2D eigenvalue weighted by Gasteiger charge is 2.33. The first-order chi connectivity index (χ1) is 14.5. The molecule has 2 heterocycles. The third-order valence-corrected chi connectivity index (χ3v) is 4.90. The smallest absolute Gasteiger partial charge is 0.321 e. The zero-order valence-electron chi connectivity index (χ0n) is 16.9. The first kappa shape index (κ1) is 21.0. The molecule has 1 atom stereocenters. The molecule has 0 radical (unpaired) electrons. The molecule has 8 nitrogen and oxygen atoms in total. The number of carbonyl (C=O) groups is 1. The number of aliphatic imine (C=N–C) groups is 1. The SMILES string of the molecule is CC(C)C1CN(C(=O)Nc2cccc(F)c2)CCN1/C(=N/C#N)Nc1cccnc1. The second-order valence-electron chi connectivity index (χ2n) is 7.29. The van der Waals surface area contributed by atoms with Gasteiger partial charge in [-0.3, -0.25) is 4.98 Å².